The molecule has 1 aromatic rings. The van der Waals surface area contributed by atoms with Gasteiger partial charge in [0, 0.05) is 17.9 Å². The number of para-hydroxylation sites is 1. The fourth-order valence-electron chi connectivity index (χ4n) is 2.29. The van der Waals surface area contributed by atoms with Crippen LogP contribution in [0.5, 0.6) is 5.75 Å². The number of halogens is 1. The van der Waals surface area contributed by atoms with Crippen LogP contribution in [0.2, 0.25) is 0 Å². The van der Waals surface area contributed by atoms with Crippen LogP contribution in [0, 0.1) is 0 Å². The van der Waals surface area contributed by atoms with Crippen molar-refractivity contribution >= 4 is 15.9 Å². The van der Waals surface area contributed by atoms with E-state index < -0.39 is 0 Å². The SMILES string of the molecule is BrCCCN(CCOc1ccccc1)C1CCC1. The minimum absolute atomic E-state index is 0.794. The Morgan fingerprint density at radius 1 is 1.17 bits per heavy atom. The van der Waals surface area contributed by atoms with Crippen LogP contribution in [-0.4, -0.2) is 36.0 Å². The zero-order valence-electron chi connectivity index (χ0n) is 10.9. The molecule has 0 aliphatic heterocycles. The Bertz CT molecular complexity index is 327. The smallest absolute Gasteiger partial charge is 0.119 e. The van der Waals surface area contributed by atoms with Gasteiger partial charge in [-0.25, -0.2) is 0 Å². The highest BCUT2D eigenvalue weighted by Crippen LogP contribution is 2.24. The van der Waals surface area contributed by atoms with Crippen LogP contribution in [0.25, 0.3) is 0 Å². The number of alkyl halides is 1. The number of benzene rings is 1. The van der Waals surface area contributed by atoms with Gasteiger partial charge in [-0.15, -0.1) is 0 Å². The molecular formula is C15H22BrNO. The fourth-order valence-corrected chi connectivity index (χ4v) is 2.54. The third-order valence-electron chi connectivity index (χ3n) is 3.56. The topological polar surface area (TPSA) is 12.5 Å². The third kappa shape index (κ3) is 4.29. The lowest BCUT2D eigenvalue weighted by Gasteiger charge is -2.37. The number of nitrogens with zero attached hydrogens (tertiary/aromatic N) is 1. The molecule has 2 rings (SSSR count). The molecule has 0 spiro atoms. The lowest BCUT2D eigenvalue weighted by molar-refractivity contribution is 0.107. The zero-order chi connectivity index (χ0) is 12.6. The minimum atomic E-state index is 0.794. The maximum atomic E-state index is 5.78. The Morgan fingerprint density at radius 3 is 2.56 bits per heavy atom. The first-order valence-electron chi connectivity index (χ1n) is 6.88. The van der Waals surface area contributed by atoms with Crippen molar-refractivity contribution in [3.63, 3.8) is 0 Å². The van der Waals surface area contributed by atoms with Crippen LogP contribution in [-0.2, 0) is 0 Å². The van der Waals surface area contributed by atoms with E-state index in [1.54, 1.807) is 0 Å². The van der Waals surface area contributed by atoms with Gasteiger partial charge >= 0.3 is 0 Å². The summed E-state index contributed by atoms with van der Waals surface area (Å²) in [7, 11) is 0. The number of hydrogen-bond donors (Lipinski definition) is 0. The summed E-state index contributed by atoms with van der Waals surface area (Å²) in [6.45, 7) is 3.03. The standard InChI is InChI=1S/C15H22BrNO/c16-10-5-11-17(14-6-4-7-14)12-13-18-15-8-2-1-3-9-15/h1-3,8-9,14H,4-7,10-13H2. The molecule has 1 aromatic carbocycles. The summed E-state index contributed by atoms with van der Waals surface area (Å²) in [4.78, 5) is 2.59. The van der Waals surface area contributed by atoms with E-state index in [2.05, 4.69) is 20.8 Å². The van der Waals surface area contributed by atoms with Gasteiger partial charge in [0.2, 0.25) is 0 Å². The Morgan fingerprint density at radius 2 is 1.94 bits per heavy atom. The lowest BCUT2D eigenvalue weighted by atomic mass is 9.91. The molecule has 0 atom stereocenters. The van der Waals surface area contributed by atoms with Gasteiger partial charge in [-0.3, -0.25) is 4.90 Å². The Kier molecular flexibility index (Phi) is 6.01. The maximum Gasteiger partial charge on any atom is 0.119 e. The van der Waals surface area contributed by atoms with Crippen molar-refractivity contribution in [3.8, 4) is 5.75 Å². The molecule has 100 valence electrons. The van der Waals surface area contributed by atoms with Crippen LogP contribution in [0.1, 0.15) is 25.7 Å². The van der Waals surface area contributed by atoms with E-state index in [9.17, 15) is 0 Å². The Labute approximate surface area is 118 Å². The molecule has 3 heteroatoms. The first-order valence-corrected chi connectivity index (χ1v) is 8.00. The summed E-state index contributed by atoms with van der Waals surface area (Å²) in [5, 5.41) is 1.09. The van der Waals surface area contributed by atoms with Crippen molar-refractivity contribution in [3.05, 3.63) is 30.3 Å². The first kappa shape index (κ1) is 13.9. The van der Waals surface area contributed by atoms with E-state index >= 15 is 0 Å². The lowest BCUT2D eigenvalue weighted by Crippen LogP contribution is -2.43. The summed E-state index contributed by atoms with van der Waals surface area (Å²) >= 11 is 3.51. The van der Waals surface area contributed by atoms with Crippen molar-refractivity contribution < 1.29 is 4.74 Å². The van der Waals surface area contributed by atoms with Gasteiger partial charge in [0.1, 0.15) is 12.4 Å². The molecule has 0 radical (unpaired) electrons. The van der Waals surface area contributed by atoms with Gasteiger partial charge in [0.05, 0.1) is 0 Å². The molecule has 0 saturated heterocycles. The van der Waals surface area contributed by atoms with Gasteiger partial charge in [0.25, 0.3) is 0 Å². The van der Waals surface area contributed by atoms with Crippen LogP contribution >= 0.6 is 15.9 Å². The second-order valence-electron chi connectivity index (χ2n) is 4.82. The molecule has 0 N–H and O–H groups in total. The van der Waals surface area contributed by atoms with E-state index in [-0.39, 0.29) is 0 Å². The molecule has 2 nitrogen and oxygen atoms in total. The maximum absolute atomic E-state index is 5.78. The van der Waals surface area contributed by atoms with Crippen LogP contribution in [0.4, 0.5) is 0 Å². The second kappa shape index (κ2) is 7.80. The van der Waals surface area contributed by atoms with Gasteiger partial charge in [0.15, 0.2) is 0 Å². The van der Waals surface area contributed by atoms with E-state index in [1.807, 2.05) is 30.3 Å². The average molecular weight is 312 g/mol. The molecule has 0 bridgehead atoms. The van der Waals surface area contributed by atoms with Gasteiger partial charge in [-0.1, -0.05) is 40.5 Å². The summed E-state index contributed by atoms with van der Waals surface area (Å²) in [6, 6.07) is 10.9. The molecule has 1 aliphatic rings. The fraction of sp³-hybridized carbons (Fsp3) is 0.600. The Balaban J connectivity index is 1.71. The molecule has 0 amide bonds. The first-order chi connectivity index (χ1) is 8.90. The molecule has 1 saturated carbocycles. The van der Waals surface area contributed by atoms with Crippen molar-refractivity contribution in [2.45, 2.75) is 31.7 Å². The number of hydrogen-bond acceptors (Lipinski definition) is 2. The predicted octanol–water partition coefficient (Wildman–Crippen LogP) is 3.70. The number of rotatable bonds is 8. The summed E-state index contributed by atoms with van der Waals surface area (Å²) < 4.78 is 5.78. The number of ether oxygens (including phenoxy) is 1. The molecule has 1 fully saturated rings. The van der Waals surface area contributed by atoms with Gasteiger partial charge in [-0.05, 0) is 37.9 Å². The molecule has 0 unspecified atom stereocenters. The highest BCUT2D eigenvalue weighted by Gasteiger charge is 2.24. The van der Waals surface area contributed by atoms with Crippen molar-refractivity contribution in [1.82, 2.24) is 4.90 Å². The van der Waals surface area contributed by atoms with Crippen molar-refractivity contribution in [2.24, 2.45) is 0 Å². The van der Waals surface area contributed by atoms with E-state index in [1.165, 1.54) is 32.2 Å². The molecule has 1 aliphatic carbocycles. The molecule has 18 heavy (non-hydrogen) atoms. The van der Waals surface area contributed by atoms with Crippen LogP contribution < -0.4 is 4.74 Å². The molecule has 0 heterocycles. The highest BCUT2D eigenvalue weighted by molar-refractivity contribution is 9.09. The minimum Gasteiger partial charge on any atom is -0.492 e. The molecular weight excluding hydrogens is 290 g/mol. The van der Waals surface area contributed by atoms with E-state index in [0.29, 0.717) is 0 Å². The normalized spacial score (nSPS) is 15.7. The highest BCUT2D eigenvalue weighted by atomic mass is 79.9. The zero-order valence-corrected chi connectivity index (χ0v) is 12.4. The second-order valence-corrected chi connectivity index (χ2v) is 5.62. The van der Waals surface area contributed by atoms with E-state index in [4.69, 9.17) is 4.74 Å². The average Bonchev–Trinajstić information content (AvgIpc) is 2.35. The molecule has 0 aromatic heterocycles. The van der Waals surface area contributed by atoms with Crippen LogP contribution in [0.15, 0.2) is 30.3 Å². The monoisotopic (exact) mass is 311 g/mol. The summed E-state index contributed by atoms with van der Waals surface area (Å²) in [5.41, 5.74) is 0. The summed E-state index contributed by atoms with van der Waals surface area (Å²) in [6.07, 6.45) is 5.36. The van der Waals surface area contributed by atoms with Crippen molar-refractivity contribution in [1.29, 1.82) is 0 Å². The van der Waals surface area contributed by atoms with Crippen molar-refractivity contribution in [2.75, 3.05) is 25.0 Å². The third-order valence-corrected chi connectivity index (χ3v) is 4.12. The van der Waals surface area contributed by atoms with E-state index in [0.717, 1.165) is 30.3 Å². The van der Waals surface area contributed by atoms with Crippen LogP contribution in [0.3, 0.4) is 0 Å². The van der Waals surface area contributed by atoms with Gasteiger partial charge < -0.3 is 4.74 Å². The Hall–Kier alpha value is -0.540. The predicted molar refractivity (Wildman–Crippen MR) is 79.6 cm³/mol. The van der Waals surface area contributed by atoms with Gasteiger partial charge in [-0.2, -0.15) is 0 Å². The summed E-state index contributed by atoms with van der Waals surface area (Å²) in [5.74, 6) is 0.978. The largest absolute Gasteiger partial charge is 0.492 e. The quantitative estimate of drug-likeness (QED) is 0.679.